The number of halogens is 1. The minimum absolute atomic E-state index is 0.178. The van der Waals surface area contributed by atoms with Gasteiger partial charge in [0, 0.05) is 25.4 Å². The van der Waals surface area contributed by atoms with E-state index >= 15 is 0 Å². The number of hydrogen-bond donors (Lipinski definition) is 2. The summed E-state index contributed by atoms with van der Waals surface area (Å²) in [7, 11) is 1.77. The number of hydrogen-bond acceptors (Lipinski definition) is 2. The Morgan fingerprint density at radius 2 is 2.15 bits per heavy atom. The van der Waals surface area contributed by atoms with E-state index in [2.05, 4.69) is 28.8 Å². The van der Waals surface area contributed by atoms with Gasteiger partial charge in [-0.15, -0.1) is 0 Å². The first-order valence-electron chi connectivity index (χ1n) is 6.79. The number of guanidine groups is 1. The Labute approximate surface area is 125 Å². The second-order valence-electron chi connectivity index (χ2n) is 4.75. The number of benzene rings is 1. The van der Waals surface area contributed by atoms with E-state index in [0.717, 1.165) is 36.6 Å². The zero-order chi connectivity index (χ0) is 15.0. The second kappa shape index (κ2) is 8.84. The Morgan fingerprint density at radius 3 is 2.75 bits per heavy atom. The van der Waals surface area contributed by atoms with Crippen LogP contribution in [0.15, 0.2) is 23.2 Å². The third-order valence-corrected chi connectivity index (χ3v) is 4.15. The minimum atomic E-state index is -0.178. The number of rotatable bonds is 6. The van der Waals surface area contributed by atoms with Crippen molar-refractivity contribution < 1.29 is 4.39 Å². The molecule has 0 aliphatic heterocycles. The highest BCUT2D eigenvalue weighted by Gasteiger charge is 2.03. The molecule has 1 unspecified atom stereocenters. The van der Waals surface area contributed by atoms with E-state index in [9.17, 15) is 4.39 Å². The predicted molar refractivity (Wildman–Crippen MR) is 87.2 cm³/mol. The van der Waals surface area contributed by atoms with Crippen molar-refractivity contribution in [3.05, 3.63) is 35.1 Å². The highest BCUT2D eigenvalue weighted by atomic mass is 32.2. The number of aliphatic imine (C=N–C) groups is 1. The SMILES string of the molecule is CN=C(NCCc1ccc(F)cc1C)NCC(C)SC. The molecule has 0 saturated carbocycles. The van der Waals surface area contributed by atoms with Crippen molar-refractivity contribution in [2.24, 2.45) is 4.99 Å². The lowest BCUT2D eigenvalue weighted by molar-refractivity contribution is 0.625. The van der Waals surface area contributed by atoms with Crippen molar-refractivity contribution in [1.82, 2.24) is 10.6 Å². The molecule has 0 spiro atoms. The molecule has 0 aliphatic carbocycles. The summed E-state index contributed by atoms with van der Waals surface area (Å²) < 4.78 is 13.0. The molecular weight excluding hydrogens is 273 g/mol. The summed E-state index contributed by atoms with van der Waals surface area (Å²) in [5.74, 6) is 0.633. The van der Waals surface area contributed by atoms with Crippen LogP contribution in [0.25, 0.3) is 0 Å². The second-order valence-corrected chi connectivity index (χ2v) is 6.02. The lowest BCUT2D eigenvalue weighted by atomic mass is 10.1. The molecule has 112 valence electrons. The van der Waals surface area contributed by atoms with Crippen LogP contribution in [0.3, 0.4) is 0 Å². The Kier molecular flexibility index (Phi) is 7.44. The molecule has 1 aromatic rings. The topological polar surface area (TPSA) is 36.4 Å². The predicted octanol–water partition coefficient (Wildman–Crippen LogP) is 2.59. The monoisotopic (exact) mass is 297 g/mol. The van der Waals surface area contributed by atoms with Crippen LogP contribution >= 0.6 is 11.8 Å². The zero-order valence-corrected chi connectivity index (χ0v) is 13.5. The van der Waals surface area contributed by atoms with Gasteiger partial charge >= 0.3 is 0 Å². The molecule has 1 aromatic carbocycles. The summed E-state index contributed by atoms with van der Waals surface area (Å²) in [4.78, 5) is 4.19. The maximum absolute atomic E-state index is 13.0. The first-order valence-corrected chi connectivity index (χ1v) is 8.08. The third-order valence-electron chi connectivity index (χ3n) is 3.17. The molecule has 0 amide bonds. The molecule has 20 heavy (non-hydrogen) atoms. The van der Waals surface area contributed by atoms with E-state index in [1.54, 1.807) is 13.1 Å². The average molecular weight is 297 g/mol. The Hall–Kier alpha value is -1.23. The first-order chi connectivity index (χ1) is 9.56. The van der Waals surface area contributed by atoms with Crippen molar-refractivity contribution in [3.63, 3.8) is 0 Å². The largest absolute Gasteiger partial charge is 0.356 e. The molecule has 0 radical (unpaired) electrons. The number of thioether (sulfide) groups is 1. The molecule has 0 heterocycles. The van der Waals surface area contributed by atoms with Gasteiger partial charge in [0.2, 0.25) is 0 Å². The van der Waals surface area contributed by atoms with E-state index in [-0.39, 0.29) is 5.82 Å². The van der Waals surface area contributed by atoms with E-state index < -0.39 is 0 Å². The van der Waals surface area contributed by atoms with Crippen LogP contribution in [-0.2, 0) is 6.42 Å². The van der Waals surface area contributed by atoms with Crippen LogP contribution in [0, 0.1) is 12.7 Å². The maximum atomic E-state index is 13.0. The number of aryl methyl sites for hydroxylation is 1. The molecule has 1 rings (SSSR count). The maximum Gasteiger partial charge on any atom is 0.191 e. The average Bonchev–Trinajstić information content (AvgIpc) is 2.44. The van der Waals surface area contributed by atoms with Crippen LogP contribution in [0.2, 0.25) is 0 Å². The Bertz CT molecular complexity index is 449. The zero-order valence-electron chi connectivity index (χ0n) is 12.7. The molecule has 0 fully saturated rings. The smallest absolute Gasteiger partial charge is 0.191 e. The fourth-order valence-electron chi connectivity index (χ4n) is 1.80. The highest BCUT2D eigenvalue weighted by Crippen LogP contribution is 2.10. The highest BCUT2D eigenvalue weighted by molar-refractivity contribution is 7.99. The summed E-state index contributed by atoms with van der Waals surface area (Å²) in [6.07, 6.45) is 2.95. The summed E-state index contributed by atoms with van der Waals surface area (Å²) in [5, 5.41) is 7.11. The summed E-state index contributed by atoms with van der Waals surface area (Å²) in [6, 6.07) is 4.93. The third kappa shape index (κ3) is 5.82. The molecule has 1 atom stereocenters. The van der Waals surface area contributed by atoms with Crippen molar-refractivity contribution in [2.75, 3.05) is 26.4 Å². The minimum Gasteiger partial charge on any atom is -0.356 e. The van der Waals surface area contributed by atoms with Crippen molar-refractivity contribution in [2.45, 2.75) is 25.5 Å². The Morgan fingerprint density at radius 1 is 1.40 bits per heavy atom. The molecule has 0 aliphatic rings. The summed E-state index contributed by atoms with van der Waals surface area (Å²) >= 11 is 1.82. The van der Waals surface area contributed by atoms with Gasteiger partial charge in [-0.05, 0) is 42.9 Å². The standard InChI is InChI=1S/C15H24FN3S/c1-11-9-14(16)6-5-13(11)7-8-18-15(17-3)19-10-12(2)20-4/h5-6,9,12H,7-8,10H2,1-4H3,(H2,17,18,19). The quantitative estimate of drug-likeness (QED) is 0.626. The molecule has 3 nitrogen and oxygen atoms in total. The lowest BCUT2D eigenvalue weighted by Gasteiger charge is -2.15. The van der Waals surface area contributed by atoms with Crippen LogP contribution in [0.4, 0.5) is 4.39 Å². The van der Waals surface area contributed by atoms with Crippen molar-refractivity contribution in [3.8, 4) is 0 Å². The van der Waals surface area contributed by atoms with E-state index in [1.807, 2.05) is 24.8 Å². The van der Waals surface area contributed by atoms with Crippen molar-refractivity contribution >= 4 is 17.7 Å². The fraction of sp³-hybridized carbons (Fsp3) is 0.533. The number of nitrogens with zero attached hydrogens (tertiary/aromatic N) is 1. The molecule has 0 saturated heterocycles. The normalized spacial score (nSPS) is 13.2. The van der Waals surface area contributed by atoms with Gasteiger partial charge < -0.3 is 10.6 Å². The molecule has 2 N–H and O–H groups in total. The molecular formula is C15H24FN3S. The van der Waals surface area contributed by atoms with Gasteiger partial charge in [0.1, 0.15) is 5.82 Å². The van der Waals surface area contributed by atoms with Gasteiger partial charge in [-0.25, -0.2) is 4.39 Å². The first kappa shape index (κ1) is 16.8. The van der Waals surface area contributed by atoms with Crippen molar-refractivity contribution in [1.29, 1.82) is 0 Å². The van der Waals surface area contributed by atoms with Crippen LogP contribution in [0.1, 0.15) is 18.1 Å². The van der Waals surface area contributed by atoms with Gasteiger partial charge in [0.05, 0.1) is 0 Å². The summed E-state index contributed by atoms with van der Waals surface area (Å²) in [5.41, 5.74) is 2.15. The molecule has 5 heteroatoms. The van der Waals surface area contributed by atoms with Crippen LogP contribution in [-0.4, -0.2) is 37.6 Å². The fourth-order valence-corrected chi connectivity index (χ4v) is 2.05. The van der Waals surface area contributed by atoms with Gasteiger partial charge in [-0.2, -0.15) is 11.8 Å². The van der Waals surface area contributed by atoms with Gasteiger partial charge in [0.25, 0.3) is 0 Å². The van der Waals surface area contributed by atoms with Gasteiger partial charge in [0.15, 0.2) is 5.96 Å². The lowest BCUT2D eigenvalue weighted by Crippen LogP contribution is -2.40. The number of nitrogens with one attached hydrogen (secondary N) is 2. The Balaban J connectivity index is 2.38. The van der Waals surface area contributed by atoms with E-state index in [0.29, 0.717) is 5.25 Å². The van der Waals surface area contributed by atoms with E-state index in [4.69, 9.17) is 0 Å². The van der Waals surface area contributed by atoms with Crippen LogP contribution < -0.4 is 10.6 Å². The molecule has 0 aromatic heterocycles. The van der Waals surface area contributed by atoms with Gasteiger partial charge in [-0.3, -0.25) is 4.99 Å². The van der Waals surface area contributed by atoms with Gasteiger partial charge in [-0.1, -0.05) is 13.0 Å². The summed E-state index contributed by atoms with van der Waals surface area (Å²) in [6.45, 7) is 5.77. The van der Waals surface area contributed by atoms with Crippen LogP contribution in [0.5, 0.6) is 0 Å². The molecule has 0 bridgehead atoms. The van der Waals surface area contributed by atoms with E-state index in [1.165, 1.54) is 6.07 Å².